The van der Waals surface area contributed by atoms with E-state index in [2.05, 4.69) is 10.2 Å². The molecule has 3 heteroatoms. The molecule has 1 rings (SSSR count). The van der Waals surface area contributed by atoms with E-state index in [1.165, 1.54) is 6.20 Å². The maximum atomic E-state index is 9.90. The summed E-state index contributed by atoms with van der Waals surface area (Å²) in [5.41, 5.74) is 0.368. The molecule has 0 radical (unpaired) electrons. The third-order valence-corrected chi connectivity index (χ3v) is 0.714. The van der Waals surface area contributed by atoms with Crippen molar-refractivity contribution in [3.8, 4) is 0 Å². The highest BCUT2D eigenvalue weighted by atomic mass is 16.1. The Labute approximate surface area is 46.4 Å². The van der Waals surface area contributed by atoms with Crippen LogP contribution in [-0.2, 0) is 0 Å². The summed E-state index contributed by atoms with van der Waals surface area (Å²) in [6, 6.07) is 3.26. The number of aldehydes is 1. The van der Waals surface area contributed by atoms with Crippen molar-refractivity contribution in [1.29, 1.82) is 0 Å². The topological polar surface area (TPSA) is 42.9 Å². The predicted octanol–water partition coefficient (Wildman–Crippen LogP) is 0.289. The minimum atomic E-state index is 0.368. The monoisotopic (exact) mass is 108 g/mol. The Hall–Kier alpha value is -1.25. The van der Waals surface area contributed by atoms with Crippen LogP contribution in [0.3, 0.4) is 0 Å². The fourth-order valence-corrected chi connectivity index (χ4v) is 0.376. The molecule has 0 aliphatic carbocycles. The summed E-state index contributed by atoms with van der Waals surface area (Å²) in [6.07, 6.45) is 2.18. The fraction of sp³-hybridized carbons (Fsp3) is 0. The van der Waals surface area contributed by atoms with Crippen LogP contribution in [0.5, 0.6) is 0 Å². The number of rotatable bonds is 1. The fourth-order valence-electron chi connectivity index (χ4n) is 0.376. The van der Waals surface area contributed by atoms with Crippen molar-refractivity contribution < 1.29 is 4.79 Å². The van der Waals surface area contributed by atoms with E-state index in [0.717, 1.165) is 0 Å². The minimum Gasteiger partial charge on any atom is -0.296 e. The van der Waals surface area contributed by atoms with Gasteiger partial charge in [0.05, 0.1) is 0 Å². The molecule has 0 atom stereocenters. The van der Waals surface area contributed by atoms with Gasteiger partial charge in [-0.05, 0) is 12.1 Å². The van der Waals surface area contributed by atoms with Crippen LogP contribution >= 0.6 is 0 Å². The van der Waals surface area contributed by atoms with Crippen LogP contribution < -0.4 is 0 Å². The van der Waals surface area contributed by atoms with Crippen molar-refractivity contribution in [2.45, 2.75) is 0 Å². The summed E-state index contributed by atoms with van der Waals surface area (Å²) in [5, 5.41) is 6.95. The van der Waals surface area contributed by atoms with Gasteiger partial charge in [0.2, 0.25) is 0 Å². The molecule has 1 aromatic rings. The average Bonchev–Trinajstić information content (AvgIpc) is 1.90. The second-order valence-corrected chi connectivity index (χ2v) is 1.27. The van der Waals surface area contributed by atoms with Gasteiger partial charge in [0.25, 0.3) is 0 Å². The van der Waals surface area contributed by atoms with Gasteiger partial charge in [0.1, 0.15) is 5.69 Å². The zero-order chi connectivity index (χ0) is 5.82. The van der Waals surface area contributed by atoms with Crippen LogP contribution in [0.1, 0.15) is 10.5 Å². The van der Waals surface area contributed by atoms with Gasteiger partial charge in [0, 0.05) is 6.20 Å². The molecular weight excluding hydrogens is 104 g/mol. The summed E-state index contributed by atoms with van der Waals surface area (Å²) in [7, 11) is 0. The van der Waals surface area contributed by atoms with Crippen molar-refractivity contribution >= 4 is 6.29 Å². The van der Waals surface area contributed by atoms with Crippen LogP contribution in [0.4, 0.5) is 0 Å². The molecule has 40 valence electrons. The lowest BCUT2D eigenvalue weighted by atomic mass is 10.4. The van der Waals surface area contributed by atoms with Crippen molar-refractivity contribution in [3.63, 3.8) is 0 Å². The Kier molecular flexibility index (Phi) is 1.32. The number of carbonyl (C=O) groups excluding carboxylic acids is 1. The highest BCUT2D eigenvalue weighted by Crippen LogP contribution is 1.81. The first-order valence-corrected chi connectivity index (χ1v) is 2.16. The van der Waals surface area contributed by atoms with Gasteiger partial charge in [-0.3, -0.25) is 4.79 Å². The molecule has 0 bridgehead atoms. The first-order chi connectivity index (χ1) is 3.93. The number of hydrogen-bond acceptors (Lipinski definition) is 3. The molecule has 3 nitrogen and oxygen atoms in total. The van der Waals surface area contributed by atoms with E-state index in [9.17, 15) is 4.79 Å². The number of nitrogens with zero attached hydrogens (tertiary/aromatic N) is 2. The van der Waals surface area contributed by atoms with Crippen LogP contribution in [0.15, 0.2) is 18.3 Å². The normalized spacial score (nSPS) is 8.50. The zero-order valence-electron chi connectivity index (χ0n) is 4.11. The molecule has 0 saturated heterocycles. The molecule has 8 heavy (non-hydrogen) atoms. The molecule has 0 amide bonds. The molecule has 0 spiro atoms. The molecule has 0 N–H and O–H groups in total. The highest BCUT2D eigenvalue weighted by Gasteiger charge is 1.83. The minimum absolute atomic E-state index is 0.368. The molecule has 0 aliphatic rings. The Morgan fingerprint density at radius 2 is 2.50 bits per heavy atom. The molecule has 1 aromatic heterocycles. The van der Waals surface area contributed by atoms with Gasteiger partial charge in [-0.15, -0.1) is 5.10 Å². The largest absolute Gasteiger partial charge is 0.296 e. The maximum Gasteiger partial charge on any atom is 0.170 e. The third-order valence-electron chi connectivity index (χ3n) is 0.714. The van der Waals surface area contributed by atoms with E-state index in [-0.39, 0.29) is 0 Å². The van der Waals surface area contributed by atoms with E-state index < -0.39 is 0 Å². The zero-order valence-corrected chi connectivity index (χ0v) is 4.11. The third kappa shape index (κ3) is 0.872. The molecule has 0 saturated carbocycles. The Morgan fingerprint density at radius 1 is 1.62 bits per heavy atom. The maximum absolute atomic E-state index is 9.90. The summed E-state index contributed by atoms with van der Waals surface area (Å²) >= 11 is 0. The quantitative estimate of drug-likeness (QED) is 0.485. The lowest BCUT2D eigenvalue weighted by Gasteiger charge is -1.80. The van der Waals surface area contributed by atoms with Gasteiger partial charge in [-0.25, -0.2) is 0 Å². The second kappa shape index (κ2) is 2.16. The number of aromatic nitrogens is 2. The lowest BCUT2D eigenvalue weighted by molar-refractivity contribution is 0.111. The van der Waals surface area contributed by atoms with Crippen molar-refractivity contribution in [1.82, 2.24) is 10.2 Å². The molecule has 1 heterocycles. The van der Waals surface area contributed by atoms with Crippen LogP contribution in [0, 0.1) is 0 Å². The van der Waals surface area contributed by atoms with Crippen molar-refractivity contribution in [2.24, 2.45) is 0 Å². The van der Waals surface area contributed by atoms with E-state index in [1.807, 2.05) is 0 Å². The standard InChI is InChI=1S/C5H4N2O/c8-4-5-2-1-3-6-7-5/h1-4H. The Balaban J connectivity index is 2.99. The first-order valence-electron chi connectivity index (χ1n) is 2.16. The molecule has 0 unspecified atom stereocenters. The van der Waals surface area contributed by atoms with E-state index >= 15 is 0 Å². The summed E-state index contributed by atoms with van der Waals surface area (Å²) in [4.78, 5) is 9.90. The molecular formula is C5H4N2O. The summed E-state index contributed by atoms with van der Waals surface area (Å²) in [5.74, 6) is 0. The molecule has 0 fully saturated rings. The van der Waals surface area contributed by atoms with Crippen LogP contribution in [0.25, 0.3) is 0 Å². The van der Waals surface area contributed by atoms with E-state index in [4.69, 9.17) is 0 Å². The summed E-state index contributed by atoms with van der Waals surface area (Å²) in [6.45, 7) is 0. The second-order valence-electron chi connectivity index (χ2n) is 1.27. The van der Waals surface area contributed by atoms with Crippen LogP contribution in [0.2, 0.25) is 0 Å². The average molecular weight is 108 g/mol. The smallest absolute Gasteiger partial charge is 0.170 e. The van der Waals surface area contributed by atoms with Gasteiger partial charge in [0.15, 0.2) is 6.29 Å². The Morgan fingerprint density at radius 3 is 2.88 bits per heavy atom. The Bertz CT molecular complexity index is 173. The number of hydrogen-bond donors (Lipinski definition) is 0. The van der Waals surface area contributed by atoms with Gasteiger partial charge >= 0.3 is 0 Å². The first kappa shape index (κ1) is 4.90. The lowest BCUT2D eigenvalue weighted by Crippen LogP contribution is -1.85. The summed E-state index contributed by atoms with van der Waals surface area (Å²) < 4.78 is 0. The van der Waals surface area contributed by atoms with E-state index in [0.29, 0.717) is 12.0 Å². The number of carbonyl (C=O) groups is 1. The van der Waals surface area contributed by atoms with Gasteiger partial charge in [-0.1, -0.05) is 0 Å². The van der Waals surface area contributed by atoms with Crippen LogP contribution in [-0.4, -0.2) is 16.5 Å². The SMILES string of the molecule is O=Cc1cccnn1. The highest BCUT2D eigenvalue weighted by molar-refractivity contribution is 5.70. The van der Waals surface area contributed by atoms with Gasteiger partial charge < -0.3 is 0 Å². The molecule has 0 aromatic carbocycles. The predicted molar refractivity (Wildman–Crippen MR) is 27.4 cm³/mol. The van der Waals surface area contributed by atoms with E-state index in [1.54, 1.807) is 12.1 Å². The van der Waals surface area contributed by atoms with Gasteiger partial charge in [-0.2, -0.15) is 5.10 Å². The van der Waals surface area contributed by atoms with Crippen molar-refractivity contribution in [3.05, 3.63) is 24.0 Å². The molecule has 0 aliphatic heterocycles. The van der Waals surface area contributed by atoms with Crippen molar-refractivity contribution in [2.75, 3.05) is 0 Å².